The number of imide groups is 1. The van der Waals surface area contributed by atoms with Gasteiger partial charge in [-0.1, -0.05) is 0 Å². The van der Waals surface area contributed by atoms with Gasteiger partial charge in [-0.15, -0.1) is 0 Å². The van der Waals surface area contributed by atoms with Gasteiger partial charge in [0.1, 0.15) is 0 Å². The highest BCUT2D eigenvalue weighted by atomic mass is 31.2. The van der Waals surface area contributed by atoms with Gasteiger partial charge in [-0.2, -0.15) is 0 Å². The summed E-state index contributed by atoms with van der Waals surface area (Å²) in [6.45, 7) is 5.53. The van der Waals surface area contributed by atoms with Gasteiger partial charge in [0, 0.05) is 6.54 Å². The maximum atomic E-state index is 12.4. The van der Waals surface area contributed by atoms with E-state index in [2.05, 4.69) is 5.32 Å². The minimum absolute atomic E-state index is 0.146. The van der Waals surface area contributed by atoms with Crippen LogP contribution in [0.5, 0.6) is 0 Å². The lowest BCUT2D eigenvalue weighted by Gasteiger charge is -2.26. The minimum Gasteiger partial charge on any atom is -0.307 e. The maximum Gasteiger partial charge on any atom is 0.362 e. The van der Waals surface area contributed by atoms with Crippen molar-refractivity contribution in [2.24, 2.45) is 0 Å². The molecule has 0 saturated carbocycles. The molecule has 0 radical (unpaired) electrons. The van der Waals surface area contributed by atoms with E-state index < -0.39 is 25.3 Å². The second-order valence-corrected chi connectivity index (χ2v) is 5.41. The normalized spacial score (nSPS) is 20.9. The molecular formula is C9H17N2O5P. The van der Waals surface area contributed by atoms with E-state index in [0.717, 1.165) is 4.90 Å². The molecule has 1 aliphatic heterocycles. The Balaban J connectivity index is 3.04. The third-order valence-corrected chi connectivity index (χ3v) is 4.63. The molecule has 1 rings (SSSR count). The largest absolute Gasteiger partial charge is 0.362 e. The van der Waals surface area contributed by atoms with Crippen LogP contribution in [0.1, 0.15) is 20.8 Å². The lowest BCUT2D eigenvalue weighted by atomic mass is 10.5. The molecule has 3 amide bonds. The molecule has 1 N–H and O–H groups in total. The quantitative estimate of drug-likeness (QED) is 0.574. The van der Waals surface area contributed by atoms with E-state index in [0.29, 0.717) is 0 Å². The predicted octanol–water partition coefficient (Wildman–Crippen LogP) is 1.15. The highest BCUT2D eigenvalue weighted by Crippen LogP contribution is 2.55. The van der Waals surface area contributed by atoms with Crippen molar-refractivity contribution in [1.29, 1.82) is 0 Å². The fraction of sp³-hybridized carbons (Fsp3) is 0.778. The van der Waals surface area contributed by atoms with Crippen molar-refractivity contribution in [1.82, 2.24) is 10.2 Å². The third-order valence-electron chi connectivity index (χ3n) is 2.28. The molecule has 1 heterocycles. The molecule has 1 unspecified atom stereocenters. The number of hydrogen-bond donors (Lipinski definition) is 1. The third kappa shape index (κ3) is 2.68. The van der Waals surface area contributed by atoms with Crippen LogP contribution in [0.25, 0.3) is 0 Å². The summed E-state index contributed by atoms with van der Waals surface area (Å²) in [5, 5.41) is 2.11. The zero-order valence-corrected chi connectivity index (χ0v) is 11.0. The van der Waals surface area contributed by atoms with E-state index >= 15 is 0 Å². The van der Waals surface area contributed by atoms with Gasteiger partial charge in [0.15, 0.2) is 0 Å². The average molecular weight is 264 g/mol. The number of urea groups is 1. The van der Waals surface area contributed by atoms with Gasteiger partial charge in [0.2, 0.25) is 5.78 Å². The maximum absolute atomic E-state index is 12.4. The lowest BCUT2D eigenvalue weighted by molar-refractivity contribution is -0.119. The first-order chi connectivity index (χ1) is 8.00. The Hall–Kier alpha value is -0.910. The van der Waals surface area contributed by atoms with Crippen LogP contribution in [0, 0.1) is 0 Å². The van der Waals surface area contributed by atoms with Crippen LogP contribution >= 0.6 is 7.60 Å². The van der Waals surface area contributed by atoms with Gasteiger partial charge in [-0.25, -0.2) is 4.79 Å². The standard InChI is InChI=1S/C9H17N2O5P/c1-4-11-8(7(12)10-9(11)13)17(14,15-5-2)16-6-3/h8H,4-6H2,1-3H3,(H,10,12,13). The minimum atomic E-state index is -3.64. The van der Waals surface area contributed by atoms with Crippen LogP contribution in [0.3, 0.4) is 0 Å². The molecule has 0 bridgehead atoms. The summed E-state index contributed by atoms with van der Waals surface area (Å²) in [4.78, 5) is 24.2. The molecular weight excluding hydrogens is 247 g/mol. The lowest BCUT2D eigenvalue weighted by Crippen LogP contribution is -2.35. The molecule has 1 atom stereocenters. The van der Waals surface area contributed by atoms with Crippen molar-refractivity contribution >= 4 is 19.5 Å². The number of carbonyl (C=O) groups is 2. The van der Waals surface area contributed by atoms with Crippen LogP contribution < -0.4 is 5.32 Å². The summed E-state index contributed by atoms with van der Waals surface area (Å²) in [5.74, 6) is -1.82. The summed E-state index contributed by atoms with van der Waals surface area (Å²) in [6, 6.07) is -0.567. The molecule has 0 aromatic rings. The smallest absolute Gasteiger partial charge is 0.307 e. The first-order valence-corrected chi connectivity index (χ1v) is 7.11. The van der Waals surface area contributed by atoms with Crippen molar-refractivity contribution in [2.45, 2.75) is 26.6 Å². The Morgan fingerprint density at radius 1 is 1.24 bits per heavy atom. The molecule has 0 aromatic carbocycles. The summed E-state index contributed by atoms with van der Waals surface area (Å²) in [7, 11) is -3.64. The summed E-state index contributed by atoms with van der Waals surface area (Å²) in [5.41, 5.74) is 0. The Bertz CT molecular complexity index is 349. The first kappa shape index (κ1) is 14.2. The van der Waals surface area contributed by atoms with Gasteiger partial charge in [0.05, 0.1) is 13.2 Å². The molecule has 1 aliphatic rings. The van der Waals surface area contributed by atoms with Crippen LogP contribution in [-0.4, -0.2) is 42.4 Å². The van der Waals surface area contributed by atoms with Crippen LogP contribution in [-0.2, 0) is 18.4 Å². The highest BCUT2D eigenvalue weighted by molar-refractivity contribution is 7.55. The molecule has 8 heteroatoms. The average Bonchev–Trinajstić information content (AvgIpc) is 2.54. The van der Waals surface area contributed by atoms with Crippen LogP contribution in [0.15, 0.2) is 0 Å². The number of rotatable bonds is 6. The van der Waals surface area contributed by atoms with Gasteiger partial charge in [-0.05, 0) is 20.8 Å². The first-order valence-electron chi connectivity index (χ1n) is 5.50. The molecule has 98 valence electrons. The Kier molecular flexibility index (Phi) is 4.68. The highest BCUT2D eigenvalue weighted by Gasteiger charge is 2.51. The number of nitrogens with one attached hydrogen (secondary N) is 1. The van der Waals surface area contributed by atoms with Crippen molar-refractivity contribution in [3.63, 3.8) is 0 Å². The Labute approximate surface area is 100.0 Å². The SMILES string of the molecule is CCOP(=O)(OCC)C1C(=O)NC(=O)N1CC. The number of nitrogens with zero attached hydrogens (tertiary/aromatic N) is 1. The fourth-order valence-electron chi connectivity index (χ4n) is 1.66. The number of likely N-dealkylation sites (N-methyl/N-ethyl adjacent to an activating group) is 1. The summed E-state index contributed by atoms with van der Waals surface area (Å²) < 4.78 is 22.6. The summed E-state index contributed by atoms with van der Waals surface area (Å²) >= 11 is 0. The molecule has 1 fully saturated rings. The molecule has 0 aromatic heterocycles. The van der Waals surface area contributed by atoms with Crippen molar-refractivity contribution < 1.29 is 23.2 Å². The van der Waals surface area contributed by atoms with E-state index in [1.165, 1.54) is 0 Å². The number of hydrogen-bond acceptors (Lipinski definition) is 5. The van der Waals surface area contributed by atoms with Crippen LogP contribution in [0.4, 0.5) is 4.79 Å². The fourth-order valence-corrected chi connectivity index (χ4v) is 3.70. The number of amides is 3. The van der Waals surface area contributed by atoms with E-state index in [4.69, 9.17) is 9.05 Å². The topological polar surface area (TPSA) is 84.9 Å². The molecule has 17 heavy (non-hydrogen) atoms. The molecule has 0 aliphatic carbocycles. The molecule has 1 saturated heterocycles. The second kappa shape index (κ2) is 5.62. The van der Waals surface area contributed by atoms with E-state index in [-0.39, 0.29) is 19.8 Å². The van der Waals surface area contributed by atoms with E-state index in [1.807, 2.05) is 0 Å². The van der Waals surface area contributed by atoms with Gasteiger partial charge in [0.25, 0.3) is 5.91 Å². The van der Waals surface area contributed by atoms with Crippen molar-refractivity contribution in [2.75, 3.05) is 19.8 Å². The van der Waals surface area contributed by atoms with E-state index in [1.54, 1.807) is 20.8 Å². The Morgan fingerprint density at radius 3 is 2.18 bits per heavy atom. The predicted molar refractivity (Wildman–Crippen MR) is 60.6 cm³/mol. The van der Waals surface area contributed by atoms with Crippen molar-refractivity contribution in [3.8, 4) is 0 Å². The second-order valence-electron chi connectivity index (χ2n) is 3.33. The zero-order chi connectivity index (χ0) is 13.1. The monoisotopic (exact) mass is 264 g/mol. The Morgan fingerprint density at radius 2 is 1.76 bits per heavy atom. The van der Waals surface area contributed by atoms with E-state index in [9.17, 15) is 14.2 Å². The molecule has 0 spiro atoms. The number of carbonyl (C=O) groups excluding carboxylic acids is 2. The summed E-state index contributed by atoms with van der Waals surface area (Å²) in [6.07, 6.45) is 0. The molecule has 7 nitrogen and oxygen atoms in total. The van der Waals surface area contributed by atoms with Crippen molar-refractivity contribution in [3.05, 3.63) is 0 Å². The van der Waals surface area contributed by atoms with Gasteiger partial charge < -0.3 is 13.9 Å². The zero-order valence-electron chi connectivity index (χ0n) is 10.1. The van der Waals surface area contributed by atoms with Crippen LogP contribution in [0.2, 0.25) is 0 Å². The van der Waals surface area contributed by atoms with Gasteiger partial charge >= 0.3 is 13.6 Å². The van der Waals surface area contributed by atoms with Gasteiger partial charge in [-0.3, -0.25) is 14.7 Å².